The summed E-state index contributed by atoms with van der Waals surface area (Å²) >= 11 is 0. The zero-order valence-electron chi connectivity index (χ0n) is 17.9. The Morgan fingerprint density at radius 1 is 1.07 bits per heavy atom. The van der Waals surface area contributed by atoms with Crippen LogP contribution in [-0.4, -0.2) is 26.4 Å². The summed E-state index contributed by atoms with van der Waals surface area (Å²) in [5.41, 5.74) is 2.85. The van der Waals surface area contributed by atoms with E-state index in [-0.39, 0.29) is 5.41 Å². The molecular weight excluding hydrogens is 362 g/mol. The molecule has 152 valence electrons. The number of ether oxygens (including phenoxy) is 1. The molecule has 0 unspecified atom stereocenters. The van der Waals surface area contributed by atoms with Crippen molar-refractivity contribution in [3.63, 3.8) is 0 Å². The number of para-hydroxylation sites is 2. The minimum atomic E-state index is -0.0998. The van der Waals surface area contributed by atoms with Crippen LogP contribution in [0.1, 0.15) is 59.0 Å². The van der Waals surface area contributed by atoms with E-state index < -0.39 is 0 Å². The standard InChI is InChI=1S/C23H29N5O/c1-6-8-15-27-17-11-9-10-12-18(17)29-20(27)14-13-16-21(23(3,4)5)26-28-19(7-2)24-25-22(16)28/h9-14H,6-8,15H2,1-5H3/b16-13-,20-14+. The van der Waals surface area contributed by atoms with E-state index in [1.54, 1.807) is 0 Å². The van der Waals surface area contributed by atoms with Gasteiger partial charge in [-0.2, -0.15) is 9.61 Å². The monoisotopic (exact) mass is 391 g/mol. The second-order valence-electron chi connectivity index (χ2n) is 8.46. The summed E-state index contributed by atoms with van der Waals surface area (Å²) in [5.74, 6) is 2.63. The first-order valence-corrected chi connectivity index (χ1v) is 10.4. The number of unbranched alkanes of at least 4 members (excludes halogenated alkanes) is 1. The Morgan fingerprint density at radius 2 is 1.86 bits per heavy atom. The van der Waals surface area contributed by atoms with Gasteiger partial charge >= 0.3 is 0 Å². The fourth-order valence-corrected chi connectivity index (χ4v) is 3.65. The summed E-state index contributed by atoms with van der Waals surface area (Å²) in [7, 11) is 0. The topological polar surface area (TPSA) is 55.6 Å². The van der Waals surface area contributed by atoms with Crippen LogP contribution < -0.4 is 14.9 Å². The molecule has 1 aliphatic heterocycles. The quantitative estimate of drug-likeness (QED) is 0.657. The van der Waals surface area contributed by atoms with Gasteiger partial charge in [0, 0.05) is 23.6 Å². The third kappa shape index (κ3) is 3.48. The van der Waals surface area contributed by atoms with Gasteiger partial charge in [-0.1, -0.05) is 53.2 Å². The number of rotatable bonds is 5. The second-order valence-corrected chi connectivity index (χ2v) is 8.46. The van der Waals surface area contributed by atoms with E-state index in [2.05, 4.69) is 67.9 Å². The van der Waals surface area contributed by atoms with Crippen LogP contribution in [0.2, 0.25) is 0 Å². The summed E-state index contributed by atoms with van der Waals surface area (Å²) in [5, 5.41) is 14.6. The minimum Gasteiger partial charge on any atom is -0.439 e. The van der Waals surface area contributed by atoms with Crippen LogP contribution in [0.3, 0.4) is 0 Å². The number of fused-ring (bicyclic) bond motifs is 2. The van der Waals surface area contributed by atoms with Crippen molar-refractivity contribution >= 4 is 17.4 Å². The largest absolute Gasteiger partial charge is 0.439 e. The van der Waals surface area contributed by atoms with Crippen LogP contribution in [0.4, 0.5) is 5.69 Å². The van der Waals surface area contributed by atoms with Gasteiger partial charge in [0.1, 0.15) is 0 Å². The van der Waals surface area contributed by atoms with Crippen molar-refractivity contribution in [1.82, 2.24) is 19.8 Å². The maximum atomic E-state index is 6.17. The van der Waals surface area contributed by atoms with E-state index in [0.29, 0.717) is 0 Å². The molecule has 0 fully saturated rings. The first-order valence-electron chi connectivity index (χ1n) is 10.4. The summed E-state index contributed by atoms with van der Waals surface area (Å²) in [6.45, 7) is 11.7. The molecule has 0 saturated heterocycles. The Balaban J connectivity index is 1.83. The van der Waals surface area contributed by atoms with Crippen LogP contribution >= 0.6 is 0 Å². The molecule has 1 aromatic carbocycles. The van der Waals surface area contributed by atoms with Crippen LogP contribution in [0, 0.1) is 0 Å². The van der Waals surface area contributed by atoms with Crippen LogP contribution in [0.5, 0.6) is 5.75 Å². The number of aromatic nitrogens is 4. The van der Waals surface area contributed by atoms with E-state index >= 15 is 0 Å². The molecule has 4 rings (SSSR count). The molecule has 0 aliphatic carbocycles. The number of allylic oxidation sites excluding steroid dienone is 1. The lowest BCUT2D eigenvalue weighted by molar-refractivity contribution is 0.438. The molecule has 3 heterocycles. The number of anilines is 1. The van der Waals surface area contributed by atoms with Gasteiger partial charge in [0.2, 0.25) is 5.88 Å². The van der Waals surface area contributed by atoms with Crippen molar-refractivity contribution < 1.29 is 4.74 Å². The first-order chi connectivity index (χ1) is 13.9. The highest BCUT2D eigenvalue weighted by molar-refractivity contribution is 5.68. The number of aryl methyl sites for hydroxylation is 1. The van der Waals surface area contributed by atoms with Crippen molar-refractivity contribution in [2.45, 2.75) is 59.3 Å². The zero-order valence-corrected chi connectivity index (χ0v) is 17.9. The fraction of sp³-hybridized carbons (Fsp3) is 0.435. The smallest absolute Gasteiger partial charge is 0.200 e. The average Bonchev–Trinajstić information content (AvgIpc) is 3.35. The number of benzene rings is 1. The molecule has 1 aliphatic rings. The van der Waals surface area contributed by atoms with E-state index in [1.165, 1.54) is 0 Å². The van der Waals surface area contributed by atoms with Crippen molar-refractivity contribution in [3.05, 3.63) is 53.0 Å². The predicted octanol–water partition coefficient (Wildman–Crippen LogP) is 4.02. The Kier molecular flexibility index (Phi) is 5.03. The molecule has 0 bridgehead atoms. The van der Waals surface area contributed by atoms with E-state index in [9.17, 15) is 0 Å². The molecule has 0 saturated carbocycles. The highest BCUT2D eigenvalue weighted by Crippen LogP contribution is 2.38. The van der Waals surface area contributed by atoms with Gasteiger partial charge in [-0.15, -0.1) is 10.2 Å². The Bertz CT molecular complexity index is 1110. The number of hydrogen-bond donors (Lipinski definition) is 0. The van der Waals surface area contributed by atoms with Crippen LogP contribution in [-0.2, 0) is 11.8 Å². The first kappa shape index (κ1) is 19.4. The summed E-state index contributed by atoms with van der Waals surface area (Å²) < 4.78 is 8.05. The van der Waals surface area contributed by atoms with E-state index in [1.807, 2.05) is 22.7 Å². The highest BCUT2D eigenvalue weighted by atomic mass is 16.5. The predicted molar refractivity (Wildman–Crippen MR) is 116 cm³/mol. The SMILES string of the molecule is CCCCN1/C(=C\C=c2\c(C(C)(C)C)nn3c(CC)nnc23)Oc2ccccc21. The fourth-order valence-electron chi connectivity index (χ4n) is 3.65. The lowest BCUT2D eigenvalue weighted by Gasteiger charge is -2.17. The second kappa shape index (κ2) is 7.50. The minimum absolute atomic E-state index is 0.0998. The van der Waals surface area contributed by atoms with Gasteiger partial charge in [0.25, 0.3) is 0 Å². The van der Waals surface area contributed by atoms with E-state index in [0.717, 1.165) is 65.5 Å². The Labute approximate surface area is 171 Å². The van der Waals surface area contributed by atoms with Gasteiger partial charge in [0.05, 0.1) is 11.4 Å². The number of hydrogen-bond acceptors (Lipinski definition) is 5. The molecule has 0 N–H and O–H groups in total. The van der Waals surface area contributed by atoms with Gasteiger partial charge in [-0.25, -0.2) is 0 Å². The molecule has 29 heavy (non-hydrogen) atoms. The molecule has 0 radical (unpaired) electrons. The summed E-state index contributed by atoms with van der Waals surface area (Å²) in [6, 6.07) is 8.19. The lowest BCUT2D eigenvalue weighted by Crippen LogP contribution is -2.23. The van der Waals surface area contributed by atoms with Crippen LogP contribution in [0.15, 0.2) is 36.2 Å². The molecule has 6 heteroatoms. The molecule has 3 aromatic rings. The molecule has 2 aromatic heterocycles. The van der Waals surface area contributed by atoms with Crippen molar-refractivity contribution in [2.24, 2.45) is 0 Å². The van der Waals surface area contributed by atoms with Gasteiger partial charge in [0.15, 0.2) is 17.2 Å². The molecule has 6 nitrogen and oxygen atoms in total. The highest BCUT2D eigenvalue weighted by Gasteiger charge is 2.26. The number of nitrogens with zero attached hydrogens (tertiary/aromatic N) is 5. The van der Waals surface area contributed by atoms with Gasteiger partial charge < -0.3 is 9.64 Å². The lowest BCUT2D eigenvalue weighted by atomic mass is 9.91. The normalized spacial score (nSPS) is 16.1. The maximum absolute atomic E-state index is 6.17. The van der Waals surface area contributed by atoms with Gasteiger partial charge in [-0.3, -0.25) is 0 Å². The van der Waals surface area contributed by atoms with Crippen molar-refractivity contribution in [1.29, 1.82) is 0 Å². The van der Waals surface area contributed by atoms with Crippen molar-refractivity contribution in [2.75, 3.05) is 11.4 Å². The third-order valence-corrected chi connectivity index (χ3v) is 5.19. The Hall–Kier alpha value is -2.89. The zero-order chi connectivity index (χ0) is 20.6. The Morgan fingerprint density at radius 3 is 2.59 bits per heavy atom. The molecular formula is C23H29N5O. The van der Waals surface area contributed by atoms with E-state index in [4.69, 9.17) is 9.84 Å². The summed E-state index contributed by atoms with van der Waals surface area (Å²) in [4.78, 5) is 2.25. The summed E-state index contributed by atoms with van der Waals surface area (Å²) in [6.07, 6.45) is 7.16. The molecule has 0 spiro atoms. The molecule has 0 atom stereocenters. The van der Waals surface area contributed by atoms with Gasteiger partial charge in [-0.05, 0) is 30.7 Å². The average molecular weight is 392 g/mol. The van der Waals surface area contributed by atoms with Crippen molar-refractivity contribution in [3.8, 4) is 5.75 Å². The molecule has 0 amide bonds. The third-order valence-electron chi connectivity index (χ3n) is 5.19. The maximum Gasteiger partial charge on any atom is 0.200 e. The van der Waals surface area contributed by atoms with Crippen LogP contribution in [0.25, 0.3) is 11.7 Å².